The van der Waals surface area contributed by atoms with Gasteiger partial charge in [-0.25, -0.2) is 0 Å². The fourth-order valence-corrected chi connectivity index (χ4v) is 4.84. The van der Waals surface area contributed by atoms with Crippen molar-refractivity contribution in [3.05, 3.63) is 57.8 Å². The second-order valence-electron chi connectivity index (χ2n) is 5.50. The van der Waals surface area contributed by atoms with Crippen molar-refractivity contribution in [3.8, 4) is 0 Å². The van der Waals surface area contributed by atoms with Gasteiger partial charge in [0.15, 0.2) is 0 Å². The molecule has 3 heteroatoms. The first-order valence-corrected chi connectivity index (χ1v) is 8.96. The normalized spacial score (nSPS) is 13.2. The molecule has 0 fully saturated rings. The van der Waals surface area contributed by atoms with E-state index in [4.69, 9.17) is 11.6 Å². The van der Waals surface area contributed by atoms with Crippen LogP contribution in [0.2, 0.25) is 0 Å². The average Bonchev–Trinajstić information content (AvgIpc) is 2.98. The van der Waals surface area contributed by atoms with E-state index >= 15 is 0 Å². The van der Waals surface area contributed by atoms with Gasteiger partial charge >= 0.3 is 0 Å². The van der Waals surface area contributed by atoms with Gasteiger partial charge in [-0.15, -0.1) is 34.3 Å². The molecule has 0 saturated carbocycles. The van der Waals surface area contributed by atoms with Crippen LogP contribution in [-0.4, -0.2) is 0 Å². The van der Waals surface area contributed by atoms with Gasteiger partial charge in [0, 0.05) is 14.3 Å². The van der Waals surface area contributed by atoms with E-state index in [-0.39, 0.29) is 5.38 Å². The van der Waals surface area contributed by atoms with Gasteiger partial charge < -0.3 is 0 Å². The van der Waals surface area contributed by atoms with Gasteiger partial charge in [0.25, 0.3) is 0 Å². The average molecular weight is 321 g/mol. The summed E-state index contributed by atoms with van der Waals surface area (Å²) in [6.45, 7) is 4.49. The smallest absolute Gasteiger partial charge is 0.0928 e. The first-order valence-electron chi connectivity index (χ1n) is 6.83. The highest BCUT2D eigenvalue weighted by Crippen LogP contribution is 2.38. The fraction of sp³-hybridized carbons (Fsp3) is 0.294. The zero-order valence-corrected chi connectivity index (χ0v) is 14.0. The minimum Gasteiger partial charge on any atom is -0.143 e. The van der Waals surface area contributed by atoms with Gasteiger partial charge in [0.1, 0.15) is 0 Å². The zero-order valence-electron chi connectivity index (χ0n) is 11.6. The summed E-state index contributed by atoms with van der Waals surface area (Å²) >= 11 is 10.2. The molecule has 1 atom stereocenters. The summed E-state index contributed by atoms with van der Waals surface area (Å²) in [5, 5.41) is 2.10. The Labute approximate surface area is 133 Å². The molecule has 0 bridgehead atoms. The number of thiophene rings is 2. The minimum atomic E-state index is -0.0345. The SMILES string of the molecule is CC(C)Cc1ccc(C(Cl)c2cc3sccc3s2)cc1. The highest BCUT2D eigenvalue weighted by Gasteiger charge is 2.14. The molecule has 0 spiro atoms. The lowest BCUT2D eigenvalue weighted by Gasteiger charge is -2.10. The molecule has 3 aromatic rings. The molecule has 0 N–H and O–H groups in total. The molecule has 0 nitrogen and oxygen atoms in total. The molecule has 3 rings (SSSR count). The van der Waals surface area contributed by atoms with Crippen molar-refractivity contribution in [3.63, 3.8) is 0 Å². The van der Waals surface area contributed by atoms with E-state index in [0.717, 1.165) is 6.42 Å². The van der Waals surface area contributed by atoms with Crippen LogP contribution in [0.25, 0.3) is 9.40 Å². The van der Waals surface area contributed by atoms with Gasteiger partial charge in [-0.1, -0.05) is 38.1 Å². The molecular weight excluding hydrogens is 304 g/mol. The number of halogens is 1. The third-order valence-electron chi connectivity index (χ3n) is 3.32. The van der Waals surface area contributed by atoms with E-state index < -0.39 is 0 Å². The van der Waals surface area contributed by atoms with E-state index in [9.17, 15) is 0 Å². The minimum absolute atomic E-state index is 0.0345. The topological polar surface area (TPSA) is 0 Å². The zero-order chi connectivity index (χ0) is 14.1. The number of alkyl halides is 1. The van der Waals surface area contributed by atoms with E-state index in [1.807, 2.05) is 0 Å². The maximum Gasteiger partial charge on any atom is 0.0928 e. The van der Waals surface area contributed by atoms with Crippen LogP contribution in [0.4, 0.5) is 0 Å². The number of hydrogen-bond acceptors (Lipinski definition) is 2. The molecule has 20 heavy (non-hydrogen) atoms. The second-order valence-corrected chi connectivity index (χ2v) is 8.00. The van der Waals surface area contributed by atoms with Gasteiger partial charge in [-0.3, -0.25) is 0 Å². The van der Waals surface area contributed by atoms with Crippen molar-refractivity contribution in [2.75, 3.05) is 0 Å². The number of benzene rings is 1. The number of rotatable bonds is 4. The summed E-state index contributed by atoms with van der Waals surface area (Å²) in [4.78, 5) is 1.24. The maximum atomic E-state index is 6.63. The Hall–Kier alpha value is -0.830. The molecule has 0 saturated heterocycles. The Kier molecular flexibility index (Phi) is 4.16. The third kappa shape index (κ3) is 2.93. The summed E-state index contributed by atoms with van der Waals surface area (Å²) < 4.78 is 2.68. The van der Waals surface area contributed by atoms with Crippen LogP contribution < -0.4 is 0 Å². The van der Waals surface area contributed by atoms with Crippen LogP contribution in [0, 0.1) is 5.92 Å². The molecule has 1 unspecified atom stereocenters. The van der Waals surface area contributed by atoms with Crippen molar-refractivity contribution in [1.82, 2.24) is 0 Å². The van der Waals surface area contributed by atoms with Crippen molar-refractivity contribution < 1.29 is 0 Å². The van der Waals surface area contributed by atoms with E-state index in [1.54, 1.807) is 22.7 Å². The van der Waals surface area contributed by atoms with Crippen LogP contribution in [0.5, 0.6) is 0 Å². The van der Waals surface area contributed by atoms with Crippen molar-refractivity contribution in [2.24, 2.45) is 5.92 Å². The molecule has 0 radical (unpaired) electrons. The standard InChI is InChI=1S/C17H17ClS2/c1-11(2)9-12-3-5-13(6-4-12)17(18)16-10-15-14(20-16)7-8-19-15/h3-8,10-11,17H,9H2,1-2H3. The molecule has 2 aromatic heterocycles. The maximum absolute atomic E-state index is 6.63. The van der Waals surface area contributed by atoms with Crippen LogP contribution in [-0.2, 0) is 6.42 Å². The second kappa shape index (κ2) is 5.88. The summed E-state index contributed by atoms with van der Waals surface area (Å²) in [6.07, 6.45) is 1.13. The molecule has 0 amide bonds. The highest BCUT2D eigenvalue weighted by atomic mass is 35.5. The molecular formula is C17H17ClS2. The van der Waals surface area contributed by atoms with Gasteiger partial charge in [0.2, 0.25) is 0 Å². The lowest BCUT2D eigenvalue weighted by atomic mass is 10.0. The van der Waals surface area contributed by atoms with E-state index in [2.05, 4.69) is 55.6 Å². The Balaban J connectivity index is 1.82. The van der Waals surface area contributed by atoms with Crippen LogP contribution in [0.1, 0.15) is 35.2 Å². The van der Waals surface area contributed by atoms with Gasteiger partial charge in [-0.2, -0.15) is 0 Å². The Morgan fingerprint density at radius 1 is 1.05 bits per heavy atom. The molecule has 0 aliphatic heterocycles. The lowest BCUT2D eigenvalue weighted by molar-refractivity contribution is 0.647. The van der Waals surface area contributed by atoms with Crippen LogP contribution in [0.15, 0.2) is 41.8 Å². The summed E-state index contributed by atoms with van der Waals surface area (Å²) in [5.41, 5.74) is 2.58. The van der Waals surface area contributed by atoms with E-state index in [0.29, 0.717) is 5.92 Å². The molecule has 2 heterocycles. The Morgan fingerprint density at radius 2 is 1.80 bits per heavy atom. The first kappa shape index (κ1) is 14.1. The van der Waals surface area contributed by atoms with E-state index in [1.165, 1.54) is 25.4 Å². The Bertz CT molecular complexity index is 663. The summed E-state index contributed by atoms with van der Waals surface area (Å²) in [6, 6.07) is 13.2. The van der Waals surface area contributed by atoms with Crippen LogP contribution >= 0.6 is 34.3 Å². The highest BCUT2D eigenvalue weighted by molar-refractivity contribution is 7.27. The monoisotopic (exact) mass is 320 g/mol. The third-order valence-corrected chi connectivity index (χ3v) is 6.10. The molecule has 0 aliphatic carbocycles. The summed E-state index contributed by atoms with van der Waals surface area (Å²) in [7, 11) is 0. The van der Waals surface area contributed by atoms with Crippen molar-refractivity contribution in [2.45, 2.75) is 25.6 Å². The first-order chi connectivity index (χ1) is 9.63. The van der Waals surface area contributed by atoms with Crippen molar-refractivity contribution in [1.29, 1.82) is 0 Å². The molecule has 0 aliphatic rings. The predicted molar refractivity (Wildman–Crippen MR) is 92.4 cm³/mol. The Morgan fingerprint density at radius 3 is 2.45 bits per heavy atom. The largest absolute Gasteiger partial charge is 0.143 e. The van der Waals surface area contributed by atoms with Gasteiger partial charge in [0.05, 0.1) is 5.38 Å². The fourth-order valence-electron chi connectivity index (χ4n) is 2.37. The molecule has 104 valence electrons. The quantitative estimate of drug-likeness (QED) is 0.482. The lowest BCUT2D eigenvalue weighted by Crippen LogP contribution is -1.95. The summed E-state index contributed by atoms with van der Waals surface area (Å²) in [5.74, 6) is 0.691. The predicted octanol–water partition coefficient (Wildman–Crippen LogP) is 6.49. The number of fused-ring (bicyclic) bond motifs is 1. The number of hydrogen-bond donors (Lipinski definition) is 0. The van der Waals surface area contributed by atoms with Gasteiger partial charge in [-0.05, 0) is 41.0 Å². The van der Waals surface area contributed by atoms with Crippen LogP contribution in [0.3, 0.4) is 0 Å². The van der Waals surface area contributed by atoms with Crippen molar-refractivity contribution >= 4 is 43.7 Å². The molecule has 1 aromatic carbocycles.